The summed E-state index contributed by atoms with van der Waals surface area (Å²) < 4.78 is 11.3. The van der Waals surface area contributed by atoms with Crippen molar-refractivity contribution in [3.8, 4) is 0 Å². The van der Waals surface area contributed by atoms with Crippen LogP contribution in [-0.2, 0) is 14.3 Å². The van der Waals surface area contributed by atoms with E-state index in [1.54, 1.807) is 0 Å². The van der Waals surface area contributed by atoms with Gasteiger partial charge in [-0.25, -0.2) is 0 Å². The van der Waals surface area contributed by atoms with Crippen molar-refractivity contribution in [2.45, 2.75) is 358 Å². The first kappa shape index (κ1) is 70.4. The van der Waals surface area contributed by atoms with Crippen LogP contribution in [0.2, 0.25) is 0 Å². The minimum absolute atomic E-state index is 0.134. The number of aliphatic hydroxyl groups is 5. The van der Waals surface area contributed by atoms with Crippen molar-refractivity contribution in [3.63, 3.8) is 0 Å². The number of hydrogen-bond donors (Lipinski definition) is 6. The highest BCUT2D eigenvalue weighted by atomic mass is 16.7. The number of amides is 1. The number of rotatable bonds is 56. The zero-order valence-electron chi connectivity index (χ0n) is 48.6. The lowest BCUT2D eigenvalue weighted by atomic mass is 9.99. The topological polar surface area (TPSA) is 149 Å². The zero-order chi connectivity index (χ0) is 53.6. The Labute approximate surface area is 457 Å². The van der Waals surface area contributed by atoms with E-state index in [0.717, 1.165) is 51.4 Å². The molecule has 74 heavy (non-hydrogen) atoms. The summed E-state index contributed by atoms with van der Waals surface area (Å²) in [6.45, 7) is 3.83. The van der Waals surface area contributed by atoms with Crippen LogP contribution in [0.5, 0.6) is 0 Å². The van der Waals surface area contributed by atoms with Crippen LogP contribution in [-0.4, -0.2) is 87.5 Å². The van der Waals surface area contributed by atoms with Crippen molar-refractivity contribution in [2.75, 3.05) is 13.2 Å². The van der Waals surface area contributed by atoms with Gasteiger partial charge in [-0.15, -0.1) is 0 Å². The van der Waals surface area contributed by atoms with Gasteiger partial charge in [0.15, 0.2) is 6.29 Å². The van der Waals surface area contributed by atoms with E-state index in [1.165, 1.54) is 238 Å². The van der Waals surface area contributed by atoms with Gasteiger partial charge < -0.3 is 40.3 Å². The molecule has 0 saturated carbocycles. The summed E-state index contributed by atoms with van der Waals surface area (Å²) in [5, 5.41) is 54.5. The molecular weight excluding hydrogens is 923 g/mol. The maximum atomic E-state index is 13.0. The van der Waals surface area contributed by atoms with Gasteiger partial charge in [-0.2, -0.15) is 0 Å². The van der Waals surface area contributed by atoms with E-state index in [1.807, 2.05) is 0 Å². The molecule has 1 heterocycles. The minimum atomic E-state index is -1.55. The van der Waals surface area contributed by atoms with Crippen molar-refractivity contribution in [2.24, 2.45) is 0 Å². The van der Waals surface area contributed by atoms with Gasteiger partial charge in [-0.05, 0) is 51.4 Å². The summed E-state index contributed by atoms with van der Waals surface area (Å²) in [7, 11) is 0. The molecule has 436 valence electrons. The first-order valence-electron chi connectivity index (χ1n) is 32.2. The maximum Gasteiger partial charge on any atom is 0.220 e. The first-order chi connectivity index (χ1) is 36.3. The summed E-state index contributed by atoms with van der Waals surface area (Å²) >= 11 is 0. The van der Waals surface area contributed by atoms with Crippen molar-refractivity contribution < 1.29 is 39.8 Å². The molecule has 1 saturated heterocycles. The smallest absolute Gasteiger partial charge is 0.220 e. The normalized spacial score (nSPS) is 19.1. The van der Waals surface area contributed by atoms with E-state index in [-0.39, 0.29) is 12.5 Å². The number of nitrogens with one attached hydrogen (secondary N) is 1. The molecule has 0 aromatic heterocycles. The van der Waals surface area contributed by atoms with Gasteiger partial charge in [0, 0.05) is 6.42 Å². The third-order valence-corrected chi connectivity index (χ3v) is 15.5. The Morgan fingerprint density at radius 1 is 0.459 bits per heavy atom. The molecule has 9 heteroatoms. The number of ether oxygens (including phenoxy) is 2. The Balaban J connectivity index is 1.97. The standard InChI is InChI=1S/C65H123NO8/c1-3-5-7-9-11-13-15-16-17-18-19-20-21-22-23-24-25-26-27-28-29-30-31-32-33-34-35-36-37-38-39-40-41-42-43-44-45-47-49-51-53-55-61(69)66-58(57-73-65-64(72)63(71)62(70)60(56-67)74-65)59(68)54-52-50-48-46-14-12-10-8-6-4-2/h15-16,18-19,21-22,58-60,62-65,67-68,70-72H,3-14,17,20,23-57H2,1-2H3,(H,66,69)/b16-15-,19-18-,22-21-. The molecule has 0 aromatic rings. The van der Waals surface area contributed by atoms with E-state index in [0.29, 0.717) is 12.8 Å². The van der Waals surface area contributed by atoms with Gasteiger partial charge >= 0.3 is 0 Å². The molecule has 1 aliphatic heterocycles. The Morgan fingerprint density at radius 2 is 0.797 bits per heavy atom. The summed E-state index contributed by atoms with van der Waals surface area (Å²) in [5.74, 6) is -0.140. The van der Waals surface area contributed by atoms with E-state index >= 15 is 0 Å². The molecule has 6 N–H and O–H groups in total. The summed E-state index contributed by atoms with van der Waals surface area (Å²) in [4.78, 5) is 13.0. The Bertz CT molecular complexity index is 1260. The number of carbonyl (C=O) groups is 1. The lowest BCUT2D eigenvalue weighted by molar-refractivity contribution is -0.302. The maximum absolute atomic E-state index is 13.0. The van der Waals surface area contributed by atoms with Gasteiger partial charge in [-0.1, -0.05) is 294 Å². The predicted molar refractivity (Wildman–Crippen MR) is 313 cm³/mol. The Kier molecular flexibility index (Phi) is 52.1. The fourth-order valence-electron chi connectivity index (χ4n) is 10.4. The van der Waals surface area contributed by atoms with Gasteiger partial charge in [0.1, 0.15) is 24.4 Å². The molecule has 0 aliphatic carbocycles. The third kappa shape index (κ3) is 43.4. The lowest BCUT2D eigenvalue weighted by Gasteiger charge is -2.40. The predicted octanol–water partition coefficient (Wildman–Crippen LogP) is 16.7. The van der Waals surface area contributed by atoms with Gasteiger partial charge in [-0.3, -0.25) is 4.79 Å². The number of unbranched alkanes of at least 4 members (excludes halogenated alkanes) is 40. The second-order valence-corrected chi connectivity index (χ2v) is 22.6. The Hall–Kier alpha value is -1.59. The third-order valence-electron chi connectivity index (χ3n) is 15.5. The van der Waals surface area contributed by atoms with Crippen LogP contribution in [0.25, 0.3) is 0 Å². The molecule has 1 fully saturated rings. The number of hydrogen-bond acceptors (Lipinski definition) is 8. The number of carbonyl (C=O) groups excluding carboxylic acids is 1. The molecule has 1 amide bonds. The van der Waals surface area contributed by atoms with E-state index in [4.69, 9.17) is 9.47 Å². The van der Waals surface area contributed by atoms with E-state index in [2.05, 4.69) is 55.6 Å². The van der Waals surface area contributed by atoms with Crippen LogP contribution >= 0.6 is 0 Å². The van der Waals surface area contributed by atoms with Crippen molar-refractivity contribution in [1.29, 1.82) is 0 Å². The SMILES string of the molecule is CCCCCCC/C=C\C/C=C\C/C=C\CCCCCCCCCCCCCCCCCCCCCCCCCCCCC(=O)NC(COC1OC(CO)C(O)C(O)C1O)C(O)CCCCCCCCCCCC. The molecule has 7 atom stereocenters. The molecule has 0 spiro atoms. The minimum Gasteiger partial charge on any atom is -0.394 e. The average molecular weight is 1050 g/mol. The highest BCUT2D eigenvalue weighted by Crippen LogP contribution is 2.23. The second kappa shape index (κ2) is 54.8. The quantitative estimate of drug-likeness (QED) is 0.0261. The van der Waals surface area contributed by atoms with Gasteiger partial charge in [0.05, 0.1) is 25.4 Å². The Morgan fingerprint density at radius 3 is 1.18 bits per heavy atom. The van der Waals surface area contributed by atoms with Crippen LogP contribution in [0.1, 0.15) is 316 Å². The van der Waals surface area contributed by atoms with Crippen molar-refractivity contribution in [3.05, 3.63) is 36.5 Å². The molecule has 7 unspecified atom stereocenters. The highest BCUT2D eigenvalue weighted by molar-refractivity contribution is 5.76. The van der Waals surface area contributed by atoms with Crippen LogP contribution in [0, 0.1) is 0 Å². The number of aliphatic hydroxyl groups excluding tert-OH is 5. The van der Waals surface area contributed by atoms with Gasteiger partial charge in [0.25, 0.3) is 0 Å². The monoisotopic (exact) mass is 1050 g/mol. The average Bonchev–Trinajstić information content (AvgIpc) is 3.40. The van der Waals surface area contributed by atoms with Crippen molar-refractivity contribution in [1.82, 2.24) is 5.32 Å². The van der Waals surface area contributed by atoms with Crippen LogP contribution in [0.4, 0.5) is 0 Å². The van der Waals surface area contributed by atoms with E-state index < -0.39 is 49.5 Å². The highest BCUT2D eigenvalue weighted by Gasteiger charge is 2.44. The molecule has 1 rings (SSSR count). The molecule has 0 aromatic carbocycles. The summed E-state index contributed by atoms with van der Waals surface area (Å²) in [6, 6.07) is -0.714. The number of allylic oxidation sites excluding steroid dienone is 6. The summed E-state index contributed by atoms with van der Waals surface area (Å²) in [5.41, 5.74) is 0. The largest absolute Gasteiger partial charge is 0.394 e. The molecule has 9 nitrogen and oxygen atoms in total. The molecular formula is C65H123NO8. The van der Waals surface area contributed by atoms with Gasteiger partial charge in [0.2, 0.25) is 5.91 Å². The fraction of sp³-hybridized carbons (Fsp3) is 0.892. The molecule has 1 aliphatic rings. The van der Waals surface area contributed by atoms with Crippen LogP contribution in [0.15, 0.2) is 36.5 Å². The zero-order valence-corrected chi connectivity index (χ0v) is 48.6. The lowest BCUT2D eigenvalue weighted by Crippen LogP contribution is -2.60. The second-order valence-electron chi connectivity index (χ2n) is 22.6. The van der Waals surface area contributed by atoms with Crippen LogP contribution < -0.4 is 5.32 Å². The molecule has 0 bridgehead atoms. The van der Waals surface area contributed by atoms with Crippen molar-refractivity contribution >= 4 is 5.91 Å². The molecule has 0 radical (unpaired) electrons. The van der Waals surface area contributed by atoms with E-state index in [9.17, 15) is 30.3 Å². The fourth-order valence-corrected chi connectivity index (χ4v) is 10.4. The summed E-state index contributed by atoms with van der Waals surface area (Å²) in [6.07, 6.45) is 65.2. The van der Waals surface area contributed by atoms with Crippen LogP contribution in [0.3, 0.4) is 0 Å². The first-order valence-corrected chi connectivity index (χ1v) is 32.2.